The fourth-order valence-corrected chi connectivity index (χ4v) is 9.08. The van der Waals surface area contributed by atoms with E-state index in [9.17, 15) is 34.5 Å². The maximum absolute atomic E-state index is 13.2. The standard InChI is InChI=1S/C63H110O12/c1-4-7-10-13-16-19-22-24-26-28-30-32-35-37-40-43-46-49-55(64)71-52-54(73-56(65)50-47-44-41-39-36-33-31-29-27-25-23-20-17-14-11-8-5-2)53-72-63-61(59(68)58(67)60(75-63)62(69)70)74-57(66)51-48-45-42-38-34-21-18-15-12-9-6-3/h15-16,18-19,24-27,54,58-61,63,67-68H,4-14,17,20-23,28-53H2,1-3H3,(H,69,70)/b18-15-,19-16-,26-24-,27-25-. The highest BCUT2D eigenvalue weighted by Crippen LogP contribution is 2.26. The topological polar surface area (TPSA) is 175 Å². The number of ether oxygens (including phenoxy) is 5. The van der Waals surface area contributed by atoms with Gasteiger partial charge >= 0.3 is 23.9 Å². The molecule has 0 spiro atoms. The molecule has 434 valence electrons. The van der Waals surface area contributed by atoms with Crippen LogP contribution in [0.4, 0.5) is 0 Å². The van der Waals surface area contributed by atoms with Gasteiger partial charge in [0.25, 0.3) is 0 Å². The third-order valence-electron chi connectivity index (χ3n) is 13.8. The van der Waals surface area contributed by atoms with E-state index in [1.54, 1.807) is 0 Å². The highest BCUT2D eigenvalue weighted by molar-refractivity contribution is 5.74. The Morgan fingerprint density at radius 1 is 0.440 bits per heavy atom. The molecule has 0 aromatic carbocycles. The van der Waals surface area contributed by atoms with Crippen LogP contribution in [0.2, 0.25) is 0 Å². The van der Waals surface area contributed by atoms with Crippen LogP contribution in [0.15, 0.2) is 48.6 Å². The zero-order valence-electron chi connectivity index (χ0n) is 47.8. The number of aliphatic carboxylic acids is 1. The SMILES string of the molecule is CCCC/C=C\CCCCCCCC(=O)OC1C(OCC(COC(=O)CCCCCCCCC/C=C\C/C=C\CCCCC)OC(=O)CCCCCCCCC/C=C\CCCCCCCC)OC(C(=O)O)C(O)C1O. The quantitative estimate of drug-likeness (QED) is 0.0228. The summed E-state index contributed by atoms with van der Waals surface area (Å²) in [6.07, 6.45) is 49.4. The Bertz CT molecular complexity index is 1490. The van der Waals surface area contributed by atoms with E-state index in [0.717, 1.165) is 109 Å². The molecule has 1 rings (SSSR count). The predicted molar refractivity (Wildman–Crippen MR) is 303 cm³/mol. The summed E-state index contributed by atoms with van der Waals surface area (Å²) in [4.78, 5) is 51.1. The lowest BCUT2D eigenvalue weighted by atomic mass is 9.98. The van der Waals surface area contributed by atoms with Gasteiger partial charge in [0, 0.05) is 19.3 Å². The van der Waals surface area contributed by atoms with E-state index in [-0.39, 0.29) is 25.9 Å². The Labute approximate surface area is 456 Å². The van der Waals surface area contributed by atoms with Crippen molar-refractivity contribution < 1.29 is 58.2 Å². The summed E-state index contributed by atoms with van der Waals surface area (Å²) in [5.74, 6) is -3.13. The van der Waals surface area contributed by atoms with Crippen molar-refractivity contribution in [3.8, 4) is 0 Å². The van der Waals surface area contributed by atoms with Crippen molar-refractivity contribution in [3.05, 3.63) is 48.6 Å². The van der Waals surface area contributed by atoms with Crippen LogP contribution in [-0.4, -0.2) is 89.2 Å². The number of unbranched alkanes of at least 4 members (excludes halogenated alkanes) is 30. The van der Waals surface area contributed by atoms with Gasteiger partial charge in [-0.15, -0.1) is 0 Å². The van der Waals surface area contributed by atoms with E-state index in [1.807, 2.05) is 0 Å². The molecule has 3 N–H and O–H groups in total. The molecule has 0 aromatic rings. The number of carboxylic acid groups (broad SMARTS) is 1. The fourth-order valence-electron chi connectivity index (χ4n) is 9.08. The summed E-state index contributed by atoms with van der Waals surface area (Å²) in [5.41, 5.74) is 0. The molecule has 1 aliphatic rings. The highest BCUT2D eigenvalue weighted by atomic mass is 16.7. The molecule has 6 unspecified atom stereocenters. The van der Waals surface area contributed by atoms with Gasteiger partial charge in [0.05, 0.1) is 6.61 Å². The van der Waals surface area contributed by atoms with Crippen LogP contribution >= 0.6 is 0 Å². The lowest BCUT2D eigenvalue weighted by Crippen LogP contribution is -2.61. The van der Waals surface area contributed by atoms with Crippen LogP contribution in [-0.2, 0) is 42.9 Å². The second-order valence-electron chi connectivity index (χ2n) is 21.0. The number of esters is 3. The molecular weight excluding hydrogens is 949 g/mol. The largest absolute Gasteiger partial charge is 0.479 e. The molecule has 6 atom stereocenters. The number of carbonyl (C=O) groups is 4. The van der Waals surface area contributed by atoms with Gasteiger partial charge < -0.3 is 39.0 Å². The van der Waals surface area contributed by atoms with Gasteiger partial charge in [0.15, 0.2) is 24.6 Å². The van der Waals surface area contributed by atoms with E-state index in [2.05, 4.69) is 69.4 Å². The van der Waals surface area contributed by atoms with Crippen LogP contribution in [0, 0.1) is 0 Å². The number of allylic oxidation sites excluding steroid dienone is 8. The minimum absolute atomic E-state index is 0.0497. The second kappa shape index (κ2) is 51.4. The van der Waals surface area contributed by atoms with Crippen molar-refractivity contribution in [2.75, 3.05) is 13.2 Å². The zero-order valence-corrected chi connectivity index (χ0v) is 47.8. The molecule has 1 heterocycles. The van der Waals surface area contributed by atoms with E-state index >= 15 is 0 Å². The molecule has 0 radical (unpaired) electrons. The molecular formula is C63H110O12. The van der Waals surface area contributed by atoms with Crippen molar-refractivity contribution >= 4 is 23.9 Å². The molecule has 0 saturated carbocycles. The first kappa shape index (κ1) is 69.7. The summed E-state index contributed by atoms with van der Waals surface area (Å²) in [7, 11) is 0. The van der Waals surface area contributed by atoms with Crippen LogP contribution < -0.4 is 0 Å². The highest BCUT2D eigenvalue weighted by Gasteiger charge is 2.50. The van der Waals surface area contributed by atoms with Gasteiger partial charge in [-0.25, -0.2) is 4.79 Å². The van der Waals surface area contributed by atoms with Gasteiger partial charge in [-0.2, -0.15) is 0 Å². The predicted octanol–water partition coefficient (Wildman–Crippen LogP) is 15.8. The fraction of sp³-hybridized carbons (Fsp3) is 0.810. The van der Waals surface area contributed by atoms with E-state index < -0.39 is 67.3 Å². The smallest absolute Gasteiger partial charge is 0.335 e. The van der Waals surface area contributed by atoms with Crippen molar-refractivity contribution in [1.29, 1.82) is 0 Å². The summed E-state index contributed by atoms with van der Waals surface area (Å²) in [5, 5.41) is 31.5. The van der Waals surface area contributed by atoms with Crippen LogP contribution in [0.1, 0.15) is 278 Å². The van der Waals surface area contributed by atoms with E-state index in [0.29, 0.717) is 19.3 Å². The molecule has 1 aliphatic heterocycles. The zero-order chi connectivity index (χ0) is 54.7. The Balaban J connectivity index is 2.68. The Kier molecular flexibility index (Phi) is 47.8. The molecule has 1 fully saturated rings. The second-order valence-corrected chi connectivity index (χ2v) is 21.0. The van der Waals surface area contributed by atoms with Crippen molar-refractivity contribution in [1.82, 2.24) is 0 Å². The first-order valence-corrected chi connectivity index (χ1v) is 30.6. The average molecular weight is 1060 g/mol. The van der Waals surface area contributed by atoms with E-state index in [4.69, 9.17) is 23.7 Å². The number of aliphatic hydroxyl groups is 2. The Hall–Kier alpha value is -3.32. The maximum Gasteiger partial charge on any atom is 0.335 e. The molecule has 1 saturated heterocycles. The molecule has 0 bridgehead atoms. The minimum Gasteiger partial charge on any atom is -0.479 e. The third kappa shape index (κ3) is 41.5. The lowest BCUT2D eigenvalue weighted by Gasteiger charge is -2.40. The molecule has 75 heavy (non-hydrogen) atoms. The first-order valence-electron chi connectivity index (χ1n) is 30.6. The summed E-state index contributed by atoms with van der Waals surface area (Å²) < 4.78 is 28.4. The van der Waals surface area contributed by atoms with Gasteiger partial charge in [-0.3, -0.25) is 14.4 Å². The number of hydrogen-bond donors (Lipinski definition) is 3. The average Bonchev–Trinajstić information content (AvgIpc) is 3.39. The molecule has 0 aliphatic carbocycles. The number of rotatable bonds is 52. The van der Waals surface area contributed by atoms with E-state index in [1.165, 1.54) is 109 Å². The third-order valence-corrected chi connectivity index (χ3v) is 13.8. The minimum atomic E-state index is -1.91. The summed E-state index contributed by atoms with van der Waals surface area (Å²) in [6.45, 7) is 5.92. The van der Waals surface area contributed by atoms with Crippen molar-refractivity contribution in [2.45, 2.75) is 314 Å². The monoisotopic (exact) mass is 1060 g/mol. The van der Waals surface area contributed by atoms with Crippen LogP contribution in [0.25, 0.3) is 0 Å². The van der Waals surface area contributed by atoms with Crippen molar-refractivity contribution in [3.63, 3.8) is 0 Å². The molecule has 12 nitrogen and oxygen atoms in total. The molecule has 12 heteroatoms. The Morgan fingerprint density at radius 3 is 1.28 bits per heavy atom. The van der Waals surface area contributed by atoms with Gasteiger partial charge in [0.1, 0.15) is 18.8 Å². The number of aliphatic hydroxyl groups excluding tert-OH is 2. The number of carboxylic acids is 1. The van der Waals surface area contributed by atoms with Gasteiger partial charge in [-0.05, 0) is 96.3 Å². The maximum atomic E-state index is 13.2. The lowest BCUT2D eigenvalue weighted by molar-refractivity contribution is -0.301. The summed E-state index contributed by atoms with van der Waals surface area (Å²) >= 11 is 0. The summed E-state index contributed by atoms with van der Waals surface area (Å²) in [6, 6.07) is 0. The normalized spacial score (nSPS) is 18.4. The first-order chi connectivity index (χ1) is 36.6. The van der Waals surface area contributed by atoms with Crippen LogP contribution in [0.3, 0.4) is 0 Å². The number of carbonyl (C=O) groups excluding carboxylic acids is 3. The van der Waals surface area contributed by atoms with Gasteiger partial charge in [-0.1, -0.05) is 211 Å². The molecule has 0 amide bonds. The van der Waals surface area contributed by atoms with Gasteiger partial charge in [0.2, 0.25) is 0 Å². The van der Waals surface area contributed by atoms with Crippen LogP contribution in [0.5, 0.6) is 0 Å². The Morgan fingerprint density at radius 2 is 0.813 bits per heavy atom. The number of hydrogen-bond acceptors (Lipinski definition) is 11. The molecule has 0 aromatic heterocycles. The van der Waals surface area contributed by atoms with Crippen molar-refractivity contribution in [2.24, 2.45) is 0 Å².